The minimum absolute atomic E-state index is 0.0360. The number of halogens is 1. The second-order valence-electron chi connectivity index (χ2n) is 4.89. The molecule has 7 nitrogen and oxygen atoms in total. The quantitative estimate of drug-likeness (QED) is 0.662. The van der Waals surface area contributed by atoms with Gasteiger partial charge in [0.1, 0.15) is 12.4 Å². The lowest BCUT2D eigenvalue weighted by atomic mass is 10.3. The van der Waals surface area contributed by atoms with Crippen molar-refractivity contribution >= 4 is 43.8 Å². The molecule has 0 unspecified atom stereocenters. The summed E-state index contributed by atoms with van der Waals surface area (Å²) in [6.45, 7) is 0.142. The van der Waals surface area contributed by atoms with Crippen molar-refractivity contribution in [2.24, 2.45) is 0 Å². The zero-order valence-electron chi connectivity index (χ0n) is 12.7. The highest BCUT2D eigenvalue weighted by molar-refractivity contribution is 7.92. The van der Waals surface area contributed by atoms with Crippen molar-refractivity contribution in [1.29, 1.82) is 0 Å². The van der Waals surface area contributed by atoms with Crippen LogP contribution in [0.5, 0.6) is 5.75 Å². The summed E-state index contributed by atoms with van der Waals surface area (Å²) in [5, 5.41) is 8.63. The fourth-order valence-corrected chi connectivity index (χ4v) is 3.86. The first-order valence-electron chi connectivity index (χ1n) is 7.02. The number of nitrogens with zero attached hydrogens (tertiary/aromatic N) is 2. The van der Waals surface area contributed by atoms with Crippen LogP contribution in [0.25, 0.3) is 0 Å². The third-order valence-electron chi connectivity index (χ3n) is 3.07. The first-order chi connectivity index (χ1) is 11.9. The van der Waals surface area contributed by atoms with E-state index in [0.29, 0.717) is 21.6 Å². The number of rotatable bonds is 6. The summed E-state index contributed by atoms with van der Waals surface area (Å²) in [5.41, 5.74) is 5.96. The number of sulfonamides is 1. The zero-order valence-corrected chi connectivity index (χ0v) is 15.1. The van der Waals surface area contributed by atoms with E-state index in [4.69, 9.17) is 22.1 Å². The van der Waals surface area contributed by atoms with Gasteiger partial charge in [-0.25, -0.2) is 8.42 Å². The molecule has 0 amide bonds. The van der Waals surface area contributed by atoms with Crippen molar-refractivity contribution < 1.29 is 13.2 Å². The third kappa shape index (κ3) is 4.38. The van der Waals surface area contributed by atoms with E-state index in [1.807, 2.05) is 0 Å². The first kappa shape index (κ1) is 17.5. The van der Waals surface area contributed by atoms with Crippen LogP contribution in [0.3, 0.4) is 0 Å². The molecule has 0 aliphatic carbocycles. The van der Waals surface area contributed by atoms with Gasteiger partial charge in [0.05, 0.1) is 9.92 Å². The molecule has 0 bridgehead atoms. The number of aromatic nitrogens is 2. The van der Waals surface area contributed by atoms with Gasteiger partial charge in [0.2, 0.25) is 5.13 Å². The van der Waals surface area contributed by atoms with E-state index >= 15 is 0 Å². The zero-order chi connectivity index (χ0) is 17.9. The van der Waals surface area contributed by atoms with Crippen LogP contribution in [-0.4, -0.2) is 18.6 Å². The lowest BCUT2D eigenvalue weighted by Gasteiger charge is -2.10. The maximum atomic E-state index is 12.4. The Morgan fingerprint density at radius 3 is 2.56 bits per heavy atom. The van der Waals surface area contributed by atoms with Crippen molar-refractivity contribution in [1.82, 2.24) is 10.2 Å². The Hall–Kier alpha value is -2.36. The molecule has 25 heavy (non-hydrogen) atoms. The number of nitrogens with one attached hydrogen (secondary N) is 1. The predicted octanol–water partition coefficient (Wildman–Crippen LogP) is 3.15. The van der Waals surface area contributed by atoms with E-state index in [9.17, 15) is 8.42 Å². The Bertz CT molecular complexity index is 977. The van der Waals surface area contributed by atoms with Crippen molar-refractivity contribution in [2.75, 3.05) is 10.5 Å². The Balaban J connectivity index is 1.74. The summed E-state index contributed by atoms with van der Waals surface area (Å²) in [6.07, 6.45) is 0. The van der Waals surface area contributed by atoms with Gasteiger partial charge in [-0.15, -0.1) is 10.2 Å². The Labute approximate surface area is 153 Å². The topological polar surface area (TPSA) is 107 Å². The molecule has 3 rings (SSSR count). The normalized spacial score (nSPS) is 11.2. The van der Waals surface area contributed by atoms with Gasteiger partial charge in [0.15, 0.2) is 5.01 Å². The molecular weight excluding hydrogens is 384 g/mol. The van der Waals surface area contributed by atoms with Gasteiger partial charge < -0.3 is 10.5 Å². The van der Waals surface area contributed by atoms with Crippen LogP contribution < -0.4 is 15.2 Å². The number of anilines is 2. The minimum Gasteiger partial charge on any atom is -0.485 e. The highest BCUT2D eigenvalue weighted by Crippen LogP contribution is 2.29. The maximum absolute atomic E-state index is 12.4. The van der Waals surface area contributed by atoms with Crippen molar-refractivity contribution in [3.05, 3.63) is 58.6 Å². The third-order valence-corrected chi connectivity index (χ3v) is 5.47. The summed E-state index contributed by atoms with van der Waals surface area (Å²) < 4.78 is 32.8. The monoisotopic (exact) mass is 396 g/mol. The summed E-state index contributed by atoms with van der Waals surface area (Å²) in [6, 6.07) is 12.8. The van der Waals surface area contributed by atoms with E-state index in [2.05, 4.69) is 14.9 Å². The van der Waals surface area contributed by atoms with Crippen LogP contribution in [0.15, 0.2) is 53.4 Å². The minimum atomic E-state index is -3.74. The van der Waals surface area contributed by atoms with Crippen molar-refractivity contribution in [3.8, 4) is 5.75 Å². The van der Waals surface area contributed by atoms with Gasteiger partial charge >= 0.3 is 0 Å². The number of hydrogen-bond donors (Lipinski definition) is 2. The van der Waals surface area contributed by atoms with Crippen molar-refractivity contribution in [3.63, 3.8) is 0 Å². The number of nitrogen functional groups attached to an aromatic ring is 1. The molecule has 0 aliphatic heterocycles. The van der Waals surface area contributed by atoms with E-state index in [0.717, 1.165) is 0 Å². The smallest absolute Gasteiger partial charge is 0.261 e. The van der Waals surface area contributed by atoms with Gasteiger partial charge in [-0.3, -0.25) is 4.72 Å². The molecule has 0 aliphatic rings. The largest absolute Gasteiger partial charge is 0.485 e. The molecule has 0 saturated carbocycles. The van der Waals surface area contributed by atoms with E-state index in [1.165, 1.54) is 29.5 Å². The molecule has 3 N–H and O–H groups in total. The van der Waals surface area contributed by atoms with Crippen LogP contribution in [-0.2, 0) is 16.6 Å². The maximum Gasteiger partial charge on any atom is 0.261 e. The number of benzene rings is 2. The number of nitrogens with two attached hydrogens (primary N) is 1. The molecule has 10 heteroatoms. The number of ether oxygens (including phenoxy) is 1. The molecule has 2 aromatic carbocycles. The van der Waals surface area contributed by atoms with Crippen LogP contribution in [0.1, 0.15) is 5.01 Å². The molecular formula is C15H13ClN4O3S2. The Morgan fingerprint density at radius 2 is 1.92 bits per heavy atom. The fourth-order valence-electron chi connectivity index (χ4n) is 1.95. The van der Waals surface area contributed by atoms with Gasteiger partial charge in [-0.1, -0.05) is 41.1 Å². The average Bonchev–Trinajstić information content (AvgIpc) is 2.99. The van der Waals surface area contributed by atoms with Crippen LogP contribution in [0.4, 0.5) is 10.8 Å². The van der Waals surface area contributed by atoms with Gasteiger partial charge in [-0.05, 0) is 30.3 Å². The average molecular weight is 397 g/mol. The van der Waals surface area contributed by atoms with E-state index < -0.39 is 10.0 Å². The molecule has 130 valence electrons. The second kappa shape index (κ2) is 7.26. The molecule has 0 atom stereocenters. The van der Waals surface area contributed by atoms with Crippen LogP contribution in [0, 0.1) is 0 Å². The predicted molar refractivity (Wildman–Crippen MR) is 97.4 cm³/mol. The highest BCUT2D eigenvalue weighted by atomic mass is 35.5. The molecule has 0 spiro atoms. The number of para-hydroxylation sites is 1. The van der Waals surface area contributed by atoms with E-state index in [1.54, 1.807) is 30.3 Å². The highest BCUT2D eigenvalue weighted by Gasteiger charge is 2.16. The molecule has 0 radical (unpaired) electrons. The molecule has 0 saturated heterocycles. The van der Waals surface area contributed by atoms with Gasteiger partial charge in [0.25, 0.3) is 10.0 Å². The standard InChI is InChI=1S/C15H13ClN4O3S2/c16-12-8-11(25(21,22)20-10-4-2-1-3-5-10)6-7-13(12)23-9-14-18-19-15(17)24-14/h1-8,20H,9H2,(H2,17,19). The van der Waals surface area contributed by atoms with Crippen molar-refractivity contribution in [2.45, 2.75) is 11.5 Å². The fraction of sp³-hybridized carbons (Fsp3) is 0.0667. The van der Waals surface area contributed by atoms with Gasteiger partial charge in [0, 0.05) is 5.69 Å². The second-order valence-corrected chi connectivity index (χ2v) is 8.07. The Morgan fingerprint density at radius 1 is 1.16 bits per heavy atom. The summed E-state index contributed by atoms with van der Waals surface area (Å²) in [5.74, 6) is 0.342. The molecule has 3 aromatic rings. The van der Waals surface area contributed by atoms with E-state index in [-0.39, 0.29) is 16.5 Å². The number of hydrogen-bond acceptors (Lipinski definition) is 7. The van der Waals surface area contributed by atoms with Crippen LogP contribution >= 0.6 is 22.9 Å². The summed E-state index contributed by atoms with van der Waals surface area (Å²) >= 11 is 7.34. The Kier molecular flexibility index (Phi) is 5.07. The SMILES string of the molecule is Nc1nnc(COc2ccc(S(=O)(=O)Nc3ccccc3)cc2Cl)s1. The summed E-state index contributed by atoms with van der Waals surface area (Å²) in [4.78, 5) is 0.0360. The van der Waals surface area contributed by atoms with Gasteiger partial charge in [-0.2, -0.15) is 0 Å². The lowest BCUT2D eigenvalue weighted by Crippen LogP contribution is -2.12. The molecule has 1 aromatic heterocycles. The van der Waals surface area contributed by atoms with Crippen LogP contribution in [0.2, 0.25) is 5.02 Å². The lowest BCUT2D eigenvalue weighted by molar-refractivity contribution is 0.304. The first-order valence-corrected chi connectivity index (χ1v) is 9.70. The molecule has 1 heterocycles. The molecule has 0 fully saturated rings. The summed E-state index contributed by atoms with van der Waals surface area (Å²) in [7, 11) is -3.74.